The van der Waals surface area contributed by atoms with E-state index in [1.54, 1.807) is 12.1 Å². The van der Waals surface area contributed by atoms with Gasteiger partial charge in [0.25, 0.3) is 0 Å². The third kappa shape index (κ3) is 3.32. The minimum absolute atomic E-state index is 0.205. The van der Waals surface area contributed by atoms with Gasteiger partial charge in [0.15, 0.2) is 0 Å². The fourth-order valence-electron chi connectivity index (χ4n) is 2.17. The minimum Gasteiger partial charge on any atom is -0.367 e. The predicted molar refractivity (Wildman–Crippen MR) is 77.5 cm³/mol. The Balaban J connectivity index is 2.24. The van der Waals surface area contributed by atoms with Gasteiger partial charge in [-0.25, -0.2) is 4.39 Å². The van der Waals surface area contributed by atoms with E-state index in [1.165, 1.54) is 11.6 Å². The Morgan fingerprint density at radius 2 is 1.79 bits per heavy atom. The van der Waals surface area contributed by atoms with E-state index in [0.29, 0.717) is 6.54 Å². The first-order chi connectivity index (χ1) is 9.24. The maximum Gasteiger partial charge on any atom is 0.125 e. The van der Waals surface area contributed by atoms with Crippen molar-refractivity contribution < 1.29 is 4.39 Å². The van der Waals surface area contributed by atoms with Crippen LogP contribution in [0.3, 0.4) is 0 Å². The second-order valence-electron chi connectivity index (χ2n) is 4.47. The van der Waals surface area contributed by atoms with E-state index in [9.17, 15) is 4.39 Å². The smallest absolute Gasteiger partial charge is 0.125 e. The van der Waals surface area contributed by atoms with E-state index in [2.05, 4.69) is 17.9 Å². The fraction of sp³-hybridized carbons (Fsp3) is 0.250. The van der Waals surface area contributed by atoms with Crippen molar-refractivity contribution in [2.24, 2.45) is 5.73 Å². The molecule has 19 heavy (non-hydrogen) atoms. The summed E-state index contributed by atoms with van der Waals surface area (Å²) in [5, 5.41) is 0. The van der Waals surface area contributed by atoms with Crippen LogP contribution < -0.4 is 10.6 Å². The van der Waals surface area contributed by atoms with E-state index >= 15 is 0 Å². The Morgan fingerprint density at radius 1 is 1.05 bits per heavy atom. The average Bonchev–Trinajstić information content (AvgIpc) is 2.45. The summed E-state index contributed by atoms with van der Waals surface area (Å²) in [5.41, 5.74) is 8.98. The SMILES string of the molecule is CCN(Cc1ccccc1CN)c1cccc(F)c1. The van der Waals surface area contributed by atoms with Crippen LogP contribution in [0.4, 0.5) is 10.1 Å². The van der Waals surface area contributed by atoms with Crippen LogP contribution in [-0.2, 0) is 13.1 Å². The highest BCUT2D eigenvalue weighted by Crippen LogP contribution is 2.19. The molecule has 0 saturated heterocycles. The van der Waals surface area contributed by atoms with E-state index in [0.717, 1.165) is 24.3 Å². The third-order valence-corrected chi connectivity index (χ3v) is 3.25. The largest absolute Gasteiger partial charge is 0.367 e. The van der Waals surface area contributed by atoms with Gasteiger partial charge >= 0.3 is 0 Å². The third-order valence-electron chi connectivity index (χ3n) is 3.25. The van der Waals surface area contributed by atoms with Crippen molar-refractivity contribution in [3.8, 4) is 0 Å². The van der Waals surface area contributed by atoms with Crippen molar-refractivity contribution >= 4 is 5.69 Å². The number of hydrogen-bond donors (Lipinski definition) is 1. The first kappa shape index (κ1) is 13.6. The lowest BCUT2D eigenvalue weighted by molar-refractivity contribution is 0.626. The highest BCUT2D eigenvalue weighted by Gasteiger charge is 2.08. The van der Waals surface area contributed by atoms with Crippen molar-refractivity contribution in [3.05, 3.63) is 65.5 Å². The molecule has 2 nitrogen and oxygen atoms in total. The van der Waals surface area contributed by atoms with Gasteiger partial charge in [0.2, 0.25) is 0 Å². The monoisotopic (exact) mass is 258 g/mol. The van der Waals surface area contributed by atoms with Crippen molar-refractivity contribution in [3.63, 3.8) is 0 Å². The summed E-state index contributed by atoms with van der Waals surface area (Å²) < 4.78 is 13.3. The molecule has 0 atom stereocenters. The van der Waals surface area contributed by atoms with Gasteiger partial charge in [0.1, 0.15) is 5.82 Å². The Kier molecular flexibility index (Phi) is 4.53. The van der Waals surface area contributed by atoms with Crippen LogP contribution >= 0.6 is 0 Å². The number of anilines is 1. The van der Waals surface area contributed by atoms with Gasteiger partial charge in [-0.15, -0.1) is 0 Å². The molecule has 2 N–H and O–H groups in total. The van der Waals surface area contributed by atoms with Crippen molar-refractivity contribution in [2.45, 2.75) is 20.0 Å². The molecule has 0 spiro atoms. The molecule has 0 radical (unpaired) electrons. The first-order valence-corrected chi connectivity index (χ1v) is 6.52. The number of halogens is 1. The van der Waals surface area contributed by atoms with Crippen molar-refractivity contribution in [1.82, 2.24) is 0 Å². The zero-order valence-corrected chi connectivity index (χ0v) is 11.1. The van der Waals surface area contributed by atoms with Crippen LogP contribution in [0.15, 0.2) is 48.5 Å². The number of nitrogens with two attached hydrogens (primary N) is 1. The Hall–Kier alpha value is -1.87. The molecule has 3 heteroatoms. The van der Waals surface area contributed by atoms with Gasteiger partial charge in [-0.3, -0.25) is 0 Å². The molecule has 0 aliphatic carbocycles. The van der Waals surface area contributed by atoms with Crippen LogP contribution in [0.5, 0.6) is 0 Å². The van der Waals surface area contributed by atoms with Gasteiger partial charge in [-0.2, -0.15) is 0 Å². The molecular weight excluding hydrogens is 239 g/mol. The van der Waals surface area contributed by atoms with E-state index in [1.807, 2.05) is 24.3 Å². The normalized spacial score (nSPS) is 10.5. The molecule has 0 bridgehead atoms. The van der Waals surface area contributed by atoms with Crippen molar-refractivity contribution in [1.29, 1.82) is 0 Å². The Bertz CT molecular complexity index is 540. The van der Waals surface area contributed by atoms with Gasteiger partial charge < -0.3 is 10.6 Å². The second kappa shape index (κ2) is 6.34. The van der Waals surface area contributed by atoms with Crippen LogP contribution in [0.1, 0.15) is 18.1 Å². The van der Waals surface area contributed by atoms with Gasteiger partial charge in [-0.1, -0.05) is 30.3 Å². The fourth-order valence-corrected chi connectivity index (χ4v) is 2.17. The lowest BCUT2D eigenvalue weighted by Crippen LogP contribution is -2.23. The Labute approximate surface area is 113 Å². The van der Waals surface area contributed by atoms with E-state index < -0.39 is 0 Å². The molecule has 0 saturated carbocycles. The number of benzene rings is 2. The maximum atomic E-state index is 13.3. The molecule has 2 aromatic rings. The average molecular weight is 258 g/mol. The molecule has 0 amide bonds. The van der Waals surface area contributed by atoms with Gasteiger partial charge in [0.05, 0.1) is 0 Å². The molecule has 2 aromatic carbocycles. The molecule has 0 fully saturated rings. The molecule has 100 valence electrons. The van der Waals surface area contributed by atoms with Gasteiger partial charge in [0, 0.05) is 25.3 Å². The number of nitrogens with zero attached hydrogens (tertiary/aromatic N) is 1. The maximum absolute atomic E-state index is 13.3. The lowest BCUT2D eigenvalue weighted by Gasteiger charge is -2.24. The van der Waals surface area contributed by atoms with Crippen LogP contribution in [0, 0.1) is 5.82 Å². The minimum atomic E-state index is -0.205. The molecular formula is C16H19FN2. The van der Waals surface area contributed by atoms with Crippen molar-refractivity contribution in [2.75, 3.05) is 11.4 Å². The quantitative estimate of drug-likeness (QED) is 0.891. The molecule has 0 aliphatic rings. The summed E-state index contributed by atoms with van der Waals surface area (Å²) >= 11 is 0. The van der Waals surface area contributed by atoms with Crippen LogP contribution in [0.25, 0.3) is 0 Å². The molecule has 2 rings (SSSR count). The lowest BCUT2D eigenvalue weighted by atomic mass is 10.1. The standard InChI is InChI=1S/C16H19FN2/c1-2-19(16-9-5-8-15(17)10-16)12-14-7-4-3-6-13(14)11-18/h3-10H,2,11-12,18H2,1H3. The first-order valence-electron chi connectivity index (χ1n) is 6.52. The van der Waals surface area contributed by atoms with Crippen LogP contribution in [0.2, 0.25) is 0 Å². The second-order valence-corrected chi connectivity index (χ2v) is 4.47. The highest BCUT2D eigenvalue weighted by molar-refractivity contribution is 5.47. The van der Waals surface area contributed by atoms with E-state index in [-0.39, 0.29) is 5.82 Å². The molecule has 0 aliphatic heterocycles. The van der Waals surface area contributed by atoms with Crippen LogP contribution in [-0.4, -0.2) is 6.54 Å². The highest BCUT2D eigenvalue weighted by atomic mass is 19.1. The predicted octanol–water partition coefficient (Wildman–Crippen LogP) is 3.31. The molecule has 0 heterocycles. The number of hydrogen-bond acceptors (Lipinski definition) is 2. The summed E-state index contributed by atoms with van der Waals surface area (Å²) in [5.74, 6) is -0.205. The summed E-state index contributed by atoms with van der Waals surface area (Å²) in [4.78, 5) is 2.14. The number of rotatable bonds is 5. The summed E-state index contributed by atoms with van der Waals surface area (Å²) in [6.45, 7) is 4.16. The van der Waals surface area contributed by atoms with E-state index in [4.69, 9.17) is 5.73 Å². The summed E-state index contributed by atoms with van der Waals surface area (Å²) in [7, 11) is 0. The Morgan fingerprint density at radius 3 is 2.42 bits per heavy atom. The van der Waals surface area contributed by atoms with Gasteiger partial charge in [-0.05, 0) is 36.2 Å². The summed E-state index contributed by atoms with van der Waals surface area (Å²) in [6, 6.07) is 14.8. The zero-order chi connectivity index (χ0) is 13.7. The topological polar surface area (TPSA) is 29.3 Å². The molecule has 0 unspecified atom stereocenters. The zero-order valence-electron chi connectivity index (χ0n) is 11.1. The summed E-state index contributed by atoms with van der Waals surface area (Å²) in [6.07, 6.45) is 0. The molecule has 0 aromatic heterocycles.